The van der Waals surface area contributed by atoms with Gasteiger partial charge in [0.05, 0.1) is 23.8 Å². The van der Waals surface area contributed by atoms with Gasteiger partial charge in [-0.05, 0) is 36.6 Å². The van der Waals surface area contributed by atoms with Crippen molar-refractivity contribution in [3.63, 3.8) is 0 Å². The summed E-state index contributed by atoms with van der Waals surface area (Å²) in [6.07, 6.45) is 1.61. The summed E-state index contributed by atoms with van der Waals surface area (Å²) < 4.78 is 66.2. The molecule has 26 heavy (non-hydrogen) atoms. The maximum absolute atomic E-state index is 14.4. The molecule has 0 saturated heterocycles. The first kappa shape index (κ1) is 17.1. The van der Waals surface area contributed by atoms with Crippen LogP contribution in [0.1, 0.15) is 18.4 Å². The molecule has 0 radical (unpaired) electrons. The van der Waals surface area contributed by atoms with Gasteiger partial charge in [-0.2, -0.15) is 0 Å². The number of hydrogen-bond acceptors (Lipinski definition) is 4. The molecule has 0 amide bonds. The Morgan fingerprint density at radius 1 is 0.962 bits per heavy atom. The van der Waals surface area contributed by atoms with Crippen LogP contribution in [0.5, 0.6) is 11.5 Å². The van der Waals surface area contributed by atoms with Crippen molar-refractivity contribution in [3.8, 4) is 11.5 Å². The number of benzene rings is 2. The van der Waals surface area contributed by atoms with Crippen molar-refractivity contribution < 1.29 is 26.7 Å². The van der Waals surface area contributed by atoms with Gasteiger partial charge in [0.2, 0.25) is 0 Å². The quantitative estimate of drug-likeness (QED) is 0.801. The van der Waals surface area contributed by atoms with Gasteiger partial charge >= 0.3 is 0 Å². The molecule has 2 aliphatic heterocycles. The number of hydrogen-bond donors (Lipinski definition) is 0. The van der Waals surface area contributed by atoms with Crippen LogP contribution in [0.2, 0.25) is 0 Å². The van der Waals surface area contributed by atoms with Gasteiger partial charge < -0.3 is 9.47 Å². The second-order valence-electron chi connectivity index (χ2n) is 6.24. The first-order valence-corrected chi connectivity index (χ1v) is 9.81. The lowest BCUT2D eigenvalue weighted by atomic mass is 10.0. The van der Waals surface area contributed by atoms with E-state index in [1.165, 1.54) is 18.2 Å². The lowest BCUT2D eigenvalue weighted by Crippen LogP contribution is -2.36. The van der Waals surface area contributed by atoms with Gasteiger partial charge in [-0.25, -0.2) is 17.2 Å². The standard InChI is InChI=1S/C18H17F2NO4S/c19-13-9-12-3-1-6-21(18(12)15(20)10-13)26(22,23)14-4-5-16-17(11-14)25-8-2-7-24-16/h4-5,9-11H,1-3,6-8H2. The molecular formula is C18H17F2NO4S. The molecule has 4 rings (SSSR count). The molecule has 5 nitrogen and oxygen atoms in total. The van der Waals surface area contributed by atoms with E-state index in [0.717, 1.165) is 4.31 Å². The summed E-state index contributed by atoms with van der Waals surface area (Å²) in [5.41, 5.74) is 0.274. The summed E-state index contributed by atoms with van der Waals surface area (Å²) in [4.78, 5) is -0.0154. The molecule has 0 spiro atoms. The molecule has 2 aliphatic rings. The van der Waals surface area contributed by atoms with Gasteiger partial charge in [-0.3, -0.25) is 4.31 Å². The van der Waals surface area contributed by atoms with Crippen molar-refractivity contribution in [3.05, 3.63) is 47.5 Å². The van der Waals surface area contributed by atoms with E-state index in [4.69, 9.17) is 9.47 Å². The van der Waals surface area contributed by atoms with Crippen LogP contribution in [-0.2, 0) is 16.4 Å². The third-order valence-corrected chi connectivity index (χ3v) is 6.27. The van der Waals surface area contributed by atoms with Gasteiger partial charge in [-0.15, -0.1) is 0 Å². The number of ether oxygens (including phenoxy) is 2. The zero-order chi connectivity index (χ0) is 18.3. The molecule has 8 heteroatoms. The summed E-state index contributed by atoms with van der Waals surface area (Å²) in [7, 11) is -4.02. The summed E-state index contributed by atoms with van der Waals surface area (Å²) >= 11 is 0. The SMILES string of the molecule is O=S(=O)(c1ccc2c(c1)OCCCO2)N1CCCc2cc(F)cc(F)c21. The third-order valence-electron chi connectivity index (χ3n) is 4.47. The van der Waals surface area contributed by atoms with Crippen LogP contribution < -0.4 is 13.8 Å². The Bertz CT molecular complexity index is 962. The Labute approximate surface area is 150 Å². The van der Waals surface area contributed by atoms with E-state index in [0.29, 0.717) is 55.6 Å². The molecule has 0 saturated carbocycles. The van der Waals surface area contributed by atoms with E-state index in [9.17, 15) is 17.2 Å². The molecule has 138 valence electrons. The molecule has 0 N–H and O–H groups in total. The van der Waals surface area contributed by atoms with Gasteiger partial charge in [0.15, 0.2) is 17.3 Å². The van der Waals surface area contributed by atoms with Gasteiger partial charge in [0.1, 0.15) is 5.82 Å². The number of rotatable bonds is 2. The molecule has 0 aliphatic carbocycles. The zero-order valence-corrected chi connectivity index (χ0v) is 14.7. The Balaban J connectivity index is 1.78. The highest BCUT2D eigenvalue weighted by Gasteiger charge is 2.32. The second-order valence-corrected chi connectivity index (χ2v) is 8.10. The fourth-order valence-corrected chi connectivity index (χ4v) is 4.85. The van der Waals surface area contributed by atoms with E-state index in [1.807, 2.05) is 0 Å². The fourth-order valence-electron chi connectivity index (χ4n) is 3.29. The highest BCUT2D eigenvalue weighted by atomic mass is 32.2. The minimum absolute atomic E-state index is 0.0154. The average Bonchev–Trinajstić information content (AvgIpc) is 2.85. The number of nitrogens with zero attached hydrogens (tertiary/aromatic N) is 1. The van der Waals surface area contributed by atoms with Crippen LogP contribution in [0.15, 0.2) is 35.2 Å². The van der Waals surface area contributed by atoms with Crippen molar-refractivity contribution in [2.75, 3.05) is 24.1 Å². The molecule has 0 atom stereocenters. The van der Waals surface area contributed by atoms with Crippen molar-refractivity contribution in [2.45, 2.75) is 24.2 Å². The minimum atomic E-state index is -4.02. The summed E-state index contributed by atoms with van der Waals surface area (Å²) in [5.74, 6) is -0.761. The normalized spacial score (nSPS) is 16.8. The van der Waals surface area contributed by atoms with Crippen molar-refractivity contribution in [1.29, 1.82) is 0 Å². The first-order chi connectivity index (χ1) is 12.5. The van der Waals surface area contributed by atoms with Crippen molar-refractivity contribution in [1.82, 2.24) is 0 Å². The second kappa shape index (κ2) is 6.42. The smallest absolute Gasteiger partial charge is 0.264 e. The third kappa shape index (κ3) is 2.88. The zero-order valence-electron chi connectivity index (χ0n) is 13.9. The molecule has 0 bridgehead atoms. The highest BCUT2D eigenvalue weighted by molar-refractivity contribution is 7.92. The Kier molecular flexibility index (Phi) is 4.22. The average molecular weight is 381 g/mol. The largest absolute Gasteiger partial charge is 0.490 e. The van der Waals surface area contributed by atoms with Crippen LogP contribution in [0, 0.1) is 11.6 Å². The minimum Gasteiger partial charge on any atom is -0.490 e. The number of sulfonamides is 1. The van der Waals surface area contributed by atoms with Gasteiger partial charge in [0.25, 0.3) is 10.0 Å². The van der Waals surface area contributed by atoms with Crippen LogP contribution in [0.3, 0.4) is 0 Å². The lowest BCUT2D eigenvalue weighted by Gasteiger charge is -2.31. The van der Waals surface area contributed by atoms with Crippen LogP contribution in [-0.4, -0.2) is 28.2 Å². The van der Waals surface area contributed by atoms with Gasteiger partial charge in [-0.1, -0.05) is 0 Å². The van der Waals surface area contributed by atoms with Gasteiger partial charge in [0, 0.05) is 25.1 Å². The van der Waals surface area contributed by atoms with Crippen LogP contribution >= 0.6 is 0 Å². The Hall–Kier alpha value is -2.35. The molecule has 0 aromatic heterocycles. The Morgan fingerprint density at radius 2 is 1.73 bits per heavy atom. The van der Waals surface area contributed by atoms with E-state index in [1.54, 1.807) is 6.07 Å². The van der Waals surface area contributed by atoms with E-state index in [2.05, 4.69) is 0 Å². The molecule has 2 aromatic rings. The van der Waals surface area contributed by atoms with E-state index in [-0.39, 0.29) is 17.1 Å². The molecule has 0 unspecified atom stereocenters. The number of fused-ring (bicyclic) bond motifs is 2. The Morgan fingerprint density at radius 3 is 2.54 bits per heavy atom. The maximum Gasteiger partial charge on any atom is 0.264 e. The summed E-state index contributed by atoms with van der Waals surface area (Å²) in [6, 6.07) is 6.25. The summed E-state index contributed by atoms with van der Waals surface area (Å²) in [6.45, 7) is 1.05. The number of halogens is 2. The maximum atomic E-state index is 14.4. The van der Waals surface area contributed by atoms with E-state index < -0.39 is 21.7 Å². The summed E-state index contributed by atoms with van der Waals surface area (Å²) in [5, 5.41) is 0. The monoisotopic (exact) mass is 381 g/mol. The predicted molar refractivity (Wildman–Crippen MR) is 91.3 cm³/mol. The molecule has 2 aromatic carbocycles. The number of aryl methyl sites for hydroxylation is 1. The number of anilines is 1. The molecule has 0 fully saturated rings. The van der Waals surface area contributed by atoms with Crippen molar-refractivity contribution in [2.24, 2.45) is 0 Å². The first-order valence-electron chi connectivity index (χ1n) is 8.37. The van der Waals surface area contributed by atoms with Crippen molar-refractivity contribution >= 4 is 15.7 Å². The van der Waals surface area contributed by atoms with E-state index >= 15 is 0 Å². The molecular weight excluding hydrogens is 364 g/mol. The topological polar surface area (TPSA) is 55.8 Å². The highest BCUT2D eigenvalue weighted by Crippen LogP contribution is 2.37. The molecule has 2 heterocycles. The predicted octanol–water partition coefficient (Wildman–Crippen LogP) is 3.27. The lowest BCUT2D eigenvalue weighted by molar-refractivity contribution is 0.297. The van der Waals surface area contributed by atoms with Crippen LogP contribution in [0.4, 0.5) is 14.5 Å². The fraction of sp³-hybridized carbons (Fsp3) is 0.333. The van der Waals surface area contributed by atoms with Crippen LogP contribution in [0.25, 0.3) is 0 Å².